The largest absolute Gasteiger partial charge is 0.484 e. The van der Waals surface area contributed by atoms with Gasteiger partial charge >= 0.3 is 11.6 Å². The number of nitrogens with one attached hydrogen (secondary N) is 1. The minimum Gasteiger partial charge on any atom is -0.484 e. The van der Waals surface area contributed by atoms with E-state index in [-0.39, 0.29) is 12.2 Å². The molecule has 7 nitrogen and oxygen atoms in total. The van der Waals surface area contributed by atoms with Crippen LogP contribution in [0.5, 0.6) is 5.75 Å². The van der Waals surface area contributed by atoms with Crippen LogP contribution in [0.3, 0.4) is 0 Å². The standard InChI is InChI=1S/C24H33NO6/c1-4-6-8-9-10-19-16(3)18-13-12-17(14-21(18)31-24(19)29)30-15-22(26)25-20(23(27)28)11-7-5-2/h12-14,20H,4-11,15H2,1-3H3,(H,25,26)(H,27,28)/t20-/m0/s1. The molecule has 2 rings (SSSR count). The first kappa shape index (κ1) is 24.4. The molecule has 0 spiro atoms. The van der Waals surface area contributed by atoms with Crippen molar-refractivity contribution in [3.8, 4) is 5.75 Å². The number of aliphatic carboxylic acids is 1. The van der Waals surface area contributed by atoms with E-state index < -0.39 is 17.9 Å². The van der Waals surface area contributed by atoms with E-state index in [1.54, 1.807) is 12.1 Å². The molecule has 0 aliphatic rings. The zero-order valence-electron chi connectivity index (χ0n) is 18.7. The van der Waals surface area contributed by atoms with Gasteiger partial charge in [0.1, 0.15) is 17.4 Å². The van der Waals surface area contributed by atoms with E-state index in [2.05, 4.69) is 12.2 Å². The fourth-order valence-corrected chi connectivity index (χ4v) is 3.53. The second kappa shape index (κ2) is 12.1. The van der Waals surface area contributed by atoms with Gasteiger partial charge in [-0.2, -0.15) is 0 Å². The van der Waals surface area contributed by atoms with E-state index in [1.165, 1.54) is 0 Å². The molecule has 2 N–H and O–H groups in total. The zero-order valence-corrected chi connectivity index (χ0v) is 18.7. The summed E-state index contributed by atoms with van der Waals surface area (Å²) in [5, 5.41) is 12.5. The number of carbonyl (C=O) groups excluding carboxylic acids is 1. The van der Waals surface area contributed by atoms with Gasteiger partial charge < -0.3 is 19.6 Å². The van der Waals surface area contributed by atoms with Crippen LogP contribution in [0.25, 0.3) is 11.0 Å². The normalized spacial score (nSPS) is 12.0. The third-order valence-corrected chi connectivity index (χ3v) is 5.39. The number of carbonyl (C=O) groups is 2. The van der Waals surface area contributed by atoms with Crippen molar-refractivity contribution in [1.29, 1.82) is 0 Å². The minimum atomic E-state index is -1.06. The number of aryl methyl sites for hydroxylation is 1. The van der Waals surface area contributed by atoms with E-state index >= 15 is 0 Å². The molecule has 0 unspecified atom stereocenters. The van der Waals surface area contributed by atoms with Gasteiger partial charge in [-0.3, -0.25) is 4.79 Å². The molecule has 0 saturated carbocycles. The first-order valence-corrected chi connectivity index (χ1v) is 11.1. The lowest BCUT2D eigenvalue weighted by atomic mass is 10.0. The van der Waals surface area contributed by atoms with Gasteiger partial charge in [0, 0.05) is 17.0 Å². The maximum absolute atomic E-state index is 12.4. The predicted octanol–water partition coefficient (Wildman–Crippen LogP) is 4.36. The van der Waals surface area contributed by atoms with Gasteiger partial charge in [0.15, 0.2) is 6.61 Å². The average molecular weight is 432 g/mol. The summed E-state index contributed by atoms with van der Waals surface area (Å²) in [6.07, 6.45) is 6.96. The van der Waals surface area contributed by atoms with Crippen LogP contribution in [0.2, 0.25) is 0 Å². The number of amides is 1. The Labute approximate surface area is 182 Å². The highest BCUT2D eigenvalue weighted by Gasteiger charge is 2.19. The van der Waals surface area contributed by atoms with Gasteiger partial charge in [-0.1, -0.05) is 46.0 Å². The maximum Gasteiger partial charge on any atom is 0.339 e. The van der Waals surface area contributed by atoms with E-state index in [1.807, 2.05) is 19.9 Å². The lowest BCUT2D eigenvalue weighted by Gasteiger charge is -2.14. The second-order valence-electron chi connectivity index (χ2n) is 7.85. The minimum absolute atomic E-state index is 0.319. The topological polar surface area (TPSA) is 106 Å². The molecular weight excluding hydrogens is 398 g/mol. The summed E-state index contributed by atoms with van der Waals surface area (Å²) in [4.78, 5) is 35.8. The van der Waals surface area contributed by atoms with E-state index in [0.717, 1.165) is 43.1 Å². The summed E-state index contributed by atoms with van der Waals surface area (Å²) in [7, 11) is 0. The Bertz CT molecular complexity index is 949. The molecule has 1 heterocycles. The molecule has 0 saturated heterocycles. The van der Waals surface area contributed by atoms with Gasteiger partial charge in [-0.25, -0.2) is 9.59 Å². The van der Waals surface area contributed by atoms with Crippen LogP contribution >= 0.6 is 0 Å². The number of carboxylic acid groups (broad SMARTS) is 1. The van der Waals surface area contributed by atoms with Gasteiger partial charge in [0.05, 0.1) is 0 Å². The lowest BCUT2D eigenvalue weighted by Crippen LogP contribution is -2.42. The van der Waals surface area contributed by atoms with Gasteiger partial charge in [-0.15, -0.1) is 0 Å². The molecule has 1 amide bonds. The summed E-state index contributed by atoms with van der Waals surface area (Å²) in [5.74, 6) is -1.19. The third-order valence-electron chi connectivity index (χ3n) is 5.39. The Balaban J connectivity index is 2.05. The Morgan fingerprint density at radius 1 is 1.13 bits per heavy atom. The van der Waals surface area contributed by atoms with Crippen molar-refractivity contribution in [2.45, 2.75) is 78.2 Å². The third kappa shape index (κ3) is 7.12. The molecule has 1 aromatic carbocycles. The van der Waals surface area contributed by atoms with Crippen LogP contribution in [0.1, 0.15) is 69.9 Å². The van der Waals surface area contributed by atoms with Crippen LogP contribution in [0.4, 0.5) is 0 Å². The van der Waals surface area contributed by atoms with Gasteiger partial charge in [0.25, 0.3) is 5.91 Å². The number of fused-ring (bicyclic) bond motifs is 1. The molecule has 1 aromatic heterocycles. The number of ether oxygens (including phenoxy) is 1. The molecule has 0 aliphatic carbocycles. The summed E-state index contributed by atoms with van der Waals surface area (Å²) in [6.45, 7) is 5.71. The smallest absolute Gasteiger partial charge is 0.339 e. The van der Waals surface area contributed by atoms with Crippen LogP contribution in [-0.2, 0) is 16.0 Å². The van der Waals surface area contributed by atoms with Crippen molar-refractivity contribution >= 4 is 22.8 Å². The number of hydrogen-bond acceptors (Lipinski definition) is 5. The van der Waals surface area contributed by atoms with E-state index in [9.17, 15) is 19.5 Å². The maximum atomic E-state index is 12.4. The van der Waals surface area contributed by atoms with E-state index in [4.69, 9.17) is 9.15 Å². The highest BCUT2D eigenvalue weighted by atomic mass is 16.5. The van der Waals surface area contributed by atoms with Crippen molar-refractivity contribution in [3.05, 3.63) is 39.7 Å². The number of hydrogen-bond donors (Lipinski definition) is 2. The molecule has 0 bridgehead atoms. The highest BCUT2D eigenvalue weighted by molar-refractivity contribution is 5.85. The lowest BCUT2D eigenvalue weighted by molar-refractivity contribution is -0.142. The molecule has 1 atom stereocenters. The van der Waals surface area contributed by atoms with E-state index in [0.29, 0.717) is 36.2 Å². The fraction of sp³-hybridized carbons (Fsp3) is 0.542. The Hall–Kier alpha value is -2.83. The molecule has 0 radical (unpaired) electrons. The monoisotopic (exact) mass is 431 g/mol. The van der Waals surface area contributed by atoms with Crippen LogP contribution < -0.4 is 15.7 Å². The summed E-state index contributed by atoms with van der Waals surface area (Å²) >= 11 is 0. The highest BCUT2D eigenvalue weighted by Crippen LogP contribution is 2.25. The predicted molar refractivity (Wildman–Crippen MR) is 120 cm³/mol. The van der Waals surface area contributed by atoms with Crippen molar-refractivity contribution in [2.75, 3.05) is 6.61 Å². The van der Waals surface area contributed by atoms with Crippen LogP contribution in [0, 0.1) is 6.92 Å². The Morgan fingerprint density at radius 3 is 2.55 bits per heavy atom. The molecule has 170 valence electrons. The van der Waals surface area contributed by atoms with Crippen molar-refractivity contribution < 1.29 is 23.8 Å². The average Bonchev–Trinajstić information content (AvgIpc) is 2.74. The van der Waals surface area contributed by atoms with Gasteiger partial charge in [-0.05, 0) is 43.9 Å². The molecular formula is C24H33NO6. The SMILES string of the molecule is CCCCCCc1c(C)c2ccc(OCC(=O)N[C@@H](CCCC)C(=O)O)cc2oc1=O. The molecule has 0 aliphatic heterocycles. The van der Waals surface area contributed by atoms with Crippen molar-refractivity contribution in [2.24, 2.45) is 0 Å². The summed E-state index contributed by atoms with van der Waals surface area (Å²) in [6, 6.07) is 4.19. The quantitative estimate of drug-likeness (QED) is 0.360. The number of unbranched alkanes of at least 4 members (excludes halogenated alkanes) is 4. The van der Waals surface area contributed by atoms with Crippen LogP contribution in [-0.4, -0.2) is 29.6 Å². The van der Waals surface area contributed by atoms with Crippen molar-refractivity contribution in [3.63, 3.8) is 0 Å². The second-order valence-corrected chi connectivity index (χ2v) is 7.85. The van der Waals surface area contributed by atoms with Crippen molar-refractivity contribution in [1.82, 2.24) is 5.32 Å². The first-order valence-electron chi connectivity index (χ1n) is 11.1. The van der Waals surface area contributed by atoms with Gasteiger partial charge in [0.2, 0.25) is 0 Å². The Kier molecular flexibility index (Phi) is 9.56. The fourth-order valence-electron chi connectivity index (χ4n) is 3.53. The number of benzene rings is 1. The molecule has 2 aromatic rings. The Morgan fingerprint density at radius 2 is 1.87 bits per heavy atom. The number of rotatable bonds is 13. The molecule has 7 heteroatoms. The van der Waals surface area contributed by atoms with Crippen LogP contribution in [0.15, 0.2) is 27.4 Å². The summed E-state index contributed by atoms with van der Waals surface area (Å²) < 4.78 is 11.0. The number of carboxylic acids is 1. The summed E-state index contributed by atoms with van der Waals surface area (Å²) in [5.41, 5.74) is 1.69. The zero-order chi connectivity index (χ0) is 22.8. The molecule has 31 heavy (non-hydrogen) atoms. The molecule has 0 fully saturated rings. The first-order chi connectivity index (χ1) is 14.9.